The van der Waals surface area contributed by atoms with Gasteiger partial charge in [-0.3, -0.25) is 4.90 Å². The average Bonchev–Trinajstić information content (AvgIpc) is 2.80. The van der Waals surface area contributed by atoms with E-state index >= 15 is 0 Å². The molecule has 4 heteroatoms. The number of piperazine rings is 1. The first kappa shape index (κ1) is 19.0. The molecular formula is C25H25N3O. The van der Waals surface area contributed by atoms with E-state index in [9.17, 15) is 5.26 Å². The Bertz CT molecular complexity index is 1000. The van der Waals surface area contributed by atoms with Crippen molar-refractivity contribution in [1.82, 2.24) is 4.90 Å². The van der Waals surface area contributed by atoms with Crippen molar-refractivity contribution in [1.29, 1.82) is 5.26 Å². The Kier molecular flexibility index (Phi) is 5.79. The van der Waals surface area contributed by atoms with Gasteiger partial charge in [0.15, 0.2) is 0 Å². The van der Waals surface area contributed by atoms with Crippen molar-refractivity contribution in [3.05, 3.63) is 83.9 Å². The maximum absolute atomic E-state index is 9.22. The number of benzene rings is 3. The van der Waals surface area contributed by atoms with Crippen molar-refractivity contribution >= 4 is 5.69 Å². The van der Waals surface area contributed by atoms with Crippen LogP contribution in [0.5, 0.6) is 5.75 Å². The molecule has 0 atom stereocenters. The molecule has 0 N–H and O–H groups in total. The highest BCUT2D eigenvalue weighted by atomic mass is 16.5. The van der Waals surface area contributed by atoms with Gasteiger partial charge in [-0.15, -0.1) is 0 Å². The smallest absolute Gasteiger partial charge is 0.142 e. The molecule has 1 aliphatic heterocycles. The molecule has 1 aliphatic rings. The molecule has 0 amide bonds. The van der Waals surface area contributed by atoms with E-state index in [1.165, 1.54) is 16.7 Å². The molecule has 4 rings (SSSR count). The lowest BCUT2D eigenvalue weighted by Gasteiger charge is -2.36. The quantitative estimate of drug-likeness (QED) is 0.648. The molecule has 0 unspecified atom stereocenters. The summed E-state index contributed by atoms with van der Waals surface area (Å²) >= 11 is 0. The number of hydrogen-bond donors (Lipinski definition) is 0. The molecule has 3 aromatic rings. The van der Waals surface area contributed by atoms with Crippen molar-refractivity contribution in [3.8, 4) is 22.9 Å². The molecular weight excluding hydrogens is 358 g/mol. The molecule has 0 aliphatic carbocycles. The monoisotopic (exact) mass is 383 g/mol. The summed E-state index contributed by atoms with van der Waals surface area (Å²) < 4.78 is 5.51. The van der Waals surface area contributed by atoms with Gasteiger partial charge in [-0.25, -0.2) is 0 Å². The number of hydrogen-bond acceptors (Lipinski definition) is 4. The van der Waals surface area contributed by atoms with Crippen LogP contribution in [0.1, 0.15) is 11.1 Å². The van der Waals surface area contributed by atoms with Gasteiger partial charge < -0.3 is 9.64 Å². The van der Waals surface area contributed by atoms with Gasteiger partial charge in [-0.1, -0.05) is 48.5 Å². The first-order valence-electron chi connectivity index (χ1n) is 9.96. The summed E-state index contributed by atoms with van der Waals surface area (Å²) in [5.74, 6) is 0.827. The van der Waals surface area contributed by atoms with E-state index in [0.717, 1.165) is 44.2 Å². The Labute approximate surface area is 172 Å². The fourth-order valence-corrected chi connectivity index (χ4v) is 3.89. The van der Waals surface area contributed by atoms with Crippen LogP contribution in [0.15, 0.2) is 72.8 Å². The fraction of sp³-hybridized carbons (Fsp3) is 0.240. The first-order chi connectivity index (χ1) is 14.3. The van der Waals surface area contributed by atoms with E-state index in [0.29, 0.717) is 5.56 Å². The second-order valence-corrected chi connectivity index (χ2v) is 7.33. The van der Waals surface area contributed by atoms with Crippen LogP contribution in [0, 0.1) is 11.3 Å². The Morgan fingerprint density at radius 1 is 0.862 bits per heavy atom. The SMILES string of the molecule is COc1ccc(C#N)cc1N1CCN(Cc2cccc(-c3ccccc3)c2)CC1. The highest BCUT2D eigenvalue weighted by molar-refractivity contribution is 5.64. The molecule has 1 heterocycles. The summed E-state index contributed by atoms with van der Waals surface area (Å²) in [6, 6.07) is 27.2. The lowest BCUT2D eigenvalue weighted by Crippen LogP contribution is -2.46. The summed E-state index contributed by atoms with van der Waals surface area (Å²) in [4.78, 5) is 4.80. The van der Waals surface area contributed by atoms with E-state index < -0.39 is 0 Å². The van der Waals surface area contributed by atoms with Crippen LogP contribution < -0.4 is 9.64 Å². The molecule has 0 radical (unpaired) electrons. The topological polar surface area (TPSA) is 39.5 Å². The van der Waals surface area contributed by atoms with Gasteiger partial charge in [0.1, 0.15) is 5.75 Å². The van der Waals surface area contributed by atoms with Gasteiger partial charge in [0, 0.05) is 32.7 Å². The molecule has 0 bridgehead atoms. The zero-order chi connectivity index (χ0) is 20.1. The Balaban J connectivity index is 1.42. The summed E-state index contributed by atoms with van der Waals surface area (Å²) in [6.07, 6.45) is 0. The van der Waals surface area contributed by atoms with E-state index in [2.05, 4.69) is 64.4 Å². The molecule has 0 spiro atoms. The van der Waals surface area contributed by atoms with Gasteiger partial charge in [0.2, 0.25) is 0 Å². The molecule has 0 saturated carbocycles. The average molecular weight is 383 g/mol. The largest absolute Gasteiger partial charge is 0.495 e. The van der Waals surface area contributed by atoms with Crippen molar-refractivity contribution in [2.24, 2.45) is 0 Å². The maximum Gasteiger partial charge on any atom is 0.142 e. The Morgan fingerprint density at radius 3 is 2.34 bits per heavy atom. The summed E-state index contributed by atoms with van der Waals surface area (Å²) in [5.41, 5.74) is 5.53. The normalized spacial score (nSPS) is 14.4. The van der Waals surface area contributed by atoms with Crippen LogP contribution in [-0.2, 0) is 6.54 Å². The highest BCUT2D eigenvalue weighted by Crippen LogP contribution is 2.30. The summed E-state index contributed by atoms with van der Waals surface area (Å²) in [6.45, 7) is 4.75. The second-order valence-electron chi connectivity index (χ2n) is 7.33. The minimum absolute atomic E-state index is 0.668. The van der Waals surface area contributed by atoms with Gasteiger partial charge in [-0.2, -0.15) is 5.26 Å². The Morgan fingerprint density at radius 2 is 1.62 bits per heavy atom. The minimum atomic E-state index is 0.668. The third kappa shape index (κ3) is 4.42. The van der Waals surface area contributed by atoms with E-state index in [-0.39, 0.29) is 0 Å². The van der Waals surface area contributed by atoms with Crippen LogP contribution in [0.25, 0.3) is 11.1 Å². The maximum atomic E-state index is 9.22. The van der Waals surface area contributed by atoms with E-state index in [1.54, 1.807) is 13.2 Å². The van der Waals surface area contributed by atoms with Crippen LogP contribution in [0.3, 0.4) is 0 Å². The van der Waals surface area contributed by atoms with Crippen molar-refractivity contribution in [3.63, 3.8) is 0 Å². The van der Waals surface area contributed by atoms with Crippen LogP contribution in [0.4, 0.5) is 5.69 Å². The van der Waals surface area contributed by atoms with Crippen LogP contribution in [-0.4, -0.2) is 38.2 Å². The molecule has 29 heavy (non-hydrogen) atoms. The standard InChI is InChI=1S/C25H25N3O/c1-29-25-11-10-20(18-26)17-24(25)28-14-12-27(13-15-28)19-21-6-5-9-23(16-21)22-7-3-2-4-8-22/h2-11,16-17H,12-15,19H2,1H3. The minimum Gasteiger partial charge on any atom is -0.495 e. The third-order valence-corrected chi connectivity index (χ3v) is 5.46. The van der Waals surface area contributed by atoms with E-state index in [4.69, 9.17) is 4.74 Å². The molecule has 146 valence electrons. The van der Waals surface area contributed by atoms with Crippen molar-refractivity contribution < 1.29 is 4.74 Å². The van der Waals surface area contributed by atoms with Crippen molar-refractivity contribution in [2.45, 2.75) is 6.54 Å². The predicted octanol–water partition coefficient (Wildman–Crippen LogP) is 4.56. The van der Waals surface area contributed by atoms with Gasteiger partial charge in [-0.05, 0) is 41.0 Å². The number of ether oxygens (including phenoxy) is 1. The fourth-order valence-electron chi connectivity index (χ4n) is 3.89. The second kappa shape index (κ2) is 8.81. The van der Waals surface area contributed by atoms with Crippen molar-refractivity contribution in [2.75, 3.05) is 38.2 Å². The number of rotatable bonds is 5. The zero-order valence-electron chi connectivity index (χ0n) is 16.7. The number of nitriles is 1. The van der Waals surface area contributed by atoms with Crippen LogP contribution in [0.2, 0.25) is 0 Å². The van der Waals surface area contributed by atoms with Gasteiger partial charge >= 0.3 is 0 Å². The van der Waals surface area contributed by atoms with E-state index in [1.807, 2.05) is 18.2 Å². The van der Waals surface area contributed by atoms with Gasteiger partial charge in [0.25, 0.3) is 0 Å². The lowest BCUT2D eigenvalue weighted by atomic mass is 10.0. The molecule has 1 fully saturated rings. The van der Waals surface area contributed by atoms with Gasteiger partial charge in [0.05, 0.1) is 24.4 Å². The molecule has 4 nitrogen and oxygen atoms in total. The van der Waals surface area contributed by atoms with Crippen LogP contribution >= 0.6 is 0 Å². The molecule has 3 aromatic carbocycles. The summed E-state index contributed by atoms with van der Waals surface area (Å²) in [7, 11) is 1.68. The number of methoxy groups -OCH3 is 1. The zero-order valence-corrected chi connectivity index (χ0v) is 16.7. The predicted molar refractivity (Wildman–Crippen MR) is 117 cm³/mol. The number of anilines is 1. The molecule has 1 saturated heterocycles. The number of nitrogens with zero attached hydrogens (tertiary/aromatic N) is 3. The third-order valence-electron chi connectivity index (χ3n) is 5.46. The Hall–Kier alpha value is -3.29. The summed E-state index contributed by atoms with van der Waals surface area (Å²) in [5, 5.41) is 9.22. The first-order valence-corrected chi connectivity index (χ1v) is 9.96. The molecule has 0 aromatic heterocycles. The highest BCUT2D eigenvalue weighted by Gasteiger charge is 2.20. The lowest BCUT2D eigenvalue weighted by molar-refractivity contribution is 0.249.